The molecule has 1 aliphatic rings. The molecule has 1 saturated heterocycles. The minimum Gasteiger partial charge on any atom is -0.311 e. The van der Waals surface area contributed by atoms with Crippen LogP contribution in [0.4, 0.5) is 10.8 Å². The Morgan fingerprint density at radius 1 is 1.23 bits per heavy atom. The topological polar surface area (TPSA) is 62.3 Å². The predicted molar refractivity (Wildman–Crippen MR) is 105 cm³/mol. The molecule has 1 atom stereocenters. The van der Waals surface area contributed by atoms with Crippen molar-refractivity contribution in [3.8, 4) is 0 Å². The van der Waals surface area contributed by atoms with Crippen LogP contribution in [-0.4, -0.2) is 23.3 Å². The number of anilines is 2. The van der Waals surface area contributed by atoms with Gasteiger partial charge in [0.15, 0.2) is 5.13 Å². The number of amides is 2. The fraction of sp³-hybridized carbons (Fsp3) is 0.250. The largest absolute Gasteiger partial charge is 0.311 e. The fourth-order valence-electron chi connectivity index (χ4n) is 3.32. The maximum Gasteiger partial charge on any atom is 0.231 e. The van der Waals surface area contributed by atoms with Crippen LogP contribution in [0.3, 0.4) is 0 Å². The highest BCUT2D eigenvalue weighted by Crippen LogP contribution is 2.30. The van der Waals surface area contributed by atoms with Crippen LogP contribution < -0.4 is 10.2 Å². The molecule has 2 heterocycles. The fourth-order valence-corrected chi connectivity index (χ4v) is 4.19. The van der Waals surface area contributed by atoms with Gasteiger partial charge in [-0.15, -0.1) is 0 Å². The molecule has 6 heteroatoms. The third-order valence-corrected chi connectivity index (χ3v) is 5.63. The number of para-hydroxylation sites is 2. The van der Waals surface area contributed by atoms with E-state index >= 15 is 0 Å². The third kappa shape index (κ3) is 3.08. The summed E-state index contributed by atoms with van der Waals surface area (Å²) in [5.74, 6) is -0.510. The van der Waals surface area contributed by atoms with Crippen molar-refractivity contribution in [1.82, 2.24) is 4.98 Å². The van der Waals surface area contributed by atoms with Crippen LogP contribution in [0.25, 0.3) is 10.2 Å². The second-order valence-corrected chi connectivity index (χ2v) is 7.39. The molecule has 0 radical (unpaired) electrons. The van der Waals surface area contributed by atoms with Gasteiger partial charge in [0.05, 0.1) is 16.1 Å². The van der Waals surface area contributed by atoms with Gasteiger partial charge in [0.25, 0.3) is 0 Å². The number of aromatic nitrogens is 1. The lowest BCUT2D eigenvalue weighted by Crippen LogP contribution is -2.28. The lowest BCUT2D eigenvalue weighted by molar-refractivity contribution is -0.122. The van der Waals surface area contributed by atoms with Crippen molar-refractivity contribution in [3.05, 3.63) is 54.1 Å². The van der Waals surface area contributed by atoms with E-state index in [2.05, 4.69) is 17.2 Å². The maximum absolute atomic E-state index is 12.6. The average molecular weight is 365 g/mol. The number of nitrogens with zero attached hydrogens (tertiary/aromatic N) is 2. The smallest absolute Gasteiger partial charge is 0.231 e. The quantitative estimate of drug-likeness (QED) is 0.764. The van der Waals surface area contributed by atoms with Gasteiger partial charge in [-0.05, 0) is 30.2 Å². The predicted octanol–water partition coefficient (Wildman–Crippen LogP) is 3.85. The zero-order valence-electron chi connectivity index (χ0n) is 14.4. The van der Waals surface area contributed by atoms with Crippen LogP contribution in [-0.2, 0) is 16.0 Å². The van der Waals surface area contributed by atoms with Gasteiger partial charge in [-0.3, -0.25) is 9.59 Å². The highest BCUT2D eigenvalue weighted by atomic mass is 32.1. The summed E-state index contributed by atoms with van der Waals surface area (Å²) in [7, 11) is 0. The number of aryl methyl sites for hydroxylation is 1. The van der Waals surface area contributed by atoms with Crippen LogP contribution in [0.2, 0.25) is 0 Å². The number of carbonyl (C=O) groups excluding carboxylic acids is 2. The van der Waals surface area contributed by atoms with E-state index in [1.165, 1.54) is 11.3 Å². The first-order valence-corrected chi connectivity index (χ1v) is 9.52. The Morgan fingerprint density at radius 2 is 2.00 bits per heavy atom. The number of carbonyl (C=O) groups is 2. The first kappa shape index (κ1) is 16.7. The number of fused-ring (bicyclic) bond motifs is 1. The Hall–Kier alpha value is -2.73. The Kier molecular flexibility index (Phi) is 4.42. The van der Waals surface area contributed by atoms with E-state index in [9.17, 15) is 9.59 Å². The number of hydrogen-bond donors (Lipinski definition) is 1. The van der Waals surface area contributed by atoms with Gasteiger partial charge in [-0.2, -0.15) is 0 Å². The van der Waals surface area contributed by atoms with Gasteiger partial charge in [-0.1, -0.05) is 48.6 Å². The summed E-state index contributed by atoms with van der Waals surface area (Å²) < 4.78 is 1.03. The summed E-state index contributed by atoms with van der Waals surface area (Å²) in [6.07, 6.45) is 1.08. The van der Waals surface area contributed by atoms with Gasteiger partial charge in [0.1, 0.15) is 0 Å². The van der Waals surface area contributed by atoms with Crippen molar-refractivity contribution in [2.75, 3.05) is 16.8 Å². The van der Waals surface area contributed by atoms with E-state index in [4.69, 9.17) is 0 Å². The van der Waals surface area contributed by atoms with E-state index in [0.29, 0.717) is 11.7 Å². The Bertz CT molecular complexity index is 949. The number of nitrogens with one attached hydrogen (secondary N) is 1. The molecule has 3 aromatic rings. The second kappa shape index (κ2) is 6.88. The SMILES string of the molecule is CCc1ccccc1N1CC(C(=O)Nc2nc3ccccc3s2)CC1=O. The summed E-state index contributed by atoms with van der Waals surface area (Å²) in [4.78, 5) is 31.3. The van der Waals surface area contributed by atoms with Crippen LogP contribution in [0, 0.1) is 5.92 Å². The number of benzene rings is 2. The van der Waals surface area contributed by atoms with E-state index in [0.717, 1.165) is 27.9 Å². The third-order valence-electron chi connectivity index (χ3n) is 4.68. The first-order chi connectivity index (χ1) is 12.7. The van der Waals surface area contributed by atoms with Crippen molar-refractivity contribution >= 4 is 44.2 Å². The monoisotopic (exact) mass is 365 g/mol. The molecule has 1 aliphatic heterocycles. The minimum absolute atomic E-state index is 0.00431. The molecule has 26 heavy (non-hydrogen) atoms. The summed E-state index contributed by atoms with van der Waals surface area (Å²) >= 11 is 1.45. The zero-order chi connectivity index (χ0) is 18.1. The standard InChI is InChI=1S/C20H19N3O2S/c1-2-13-7-3-5-9-16(13)23-12-14(11-18(23)24)19(25)22-20-21-15-8-4-6-10-17(15)26-20/h3-10,14H,2,11-12H2,1H3,(H,21,22,25). The number of hydrogen-bond acceptors (Lipinski definition) is 4. The van der Waals surface area contributed by atoms with Crippen LogP contribution >= 0.6 is 11.3 Å². The molecule has 0 spiro atoms. The molecule has 5 nitrogen and oxygen atoms in total. The van der Waals surface area contributed by atoms with Gasteiger partial charge in [-0.25, -0.2) is 4.98 Å². The summed E-state index contributed by atoms with van der Waals surface area (Å²) in [6.45, 7) is 2.48. The molecule has 2 aromatic carbocycles. The highest BCUT2D eigenvalue weighted by Gasteiger charge is 2.36. The molecule has 1 fully saturated rings. The van der Waals surface area contributed by atoms with Gasteiger partial charge < -0.3 is 10.2 Å². The van der Waals surface area contributed by atoms with E-state index in [1.54, 1.807) is 4.90 Å². The molecular formula is C20H19N3O2S. The van der Waals surface area contributed by atoms with Crippen LogP contribution in [0.5, 0.6) is 0 Å². The van der Waals surface area contributed by atoms with Crippen LogP contribution in [0.15, 0.2) is 48.5 Å². The average Bonchev–Trinajstić information content (AvgIpc) is 3.24. The molecule has 0 saturated carbocycles. The van der Waals surface area contributed by atoms with E-state index < -0.39 is 0 Å². The lowest BCUT2D eigenvalue weighted by atomic mass is 10.1. The van der Waals surface area contributed by atoms with Crippen LogP contribution in [0.1, 0.15) is 18.9 Å². The van der Waals surface area contributed by atoms with Crippen molar-refractivity contribution < 1.29 is 9.59 Å². The Balaban J connectivity index is 1.50. The normalized spacial score (nSPS) is 17.0. The van der Waals surface area contributed by atoms with Crippen molar-refractivity contribution in [1.29, 1.82) is 0 Å². The van der Waals surface area contributed by atoms with Gasteiger partial charge in [0.2, 0.25) is 11.8 Å². The molecule has 1 unspecified atom stereocenters. The Morgan fingerprint density at radius 3 is 2.81 bits per heavy atom. The maximum atomic E-state index is 12.6. The Labute approximate surface area is 155 Å². The summed E-state index contributed by atoms with van der Waals surface area (Å²) in [6, 6.07) is 15.6. The molecule has 1 N–H and O–H groups in total. The lowest BCUT2D eigenvalue weighted by Gasteiger charge is -2.19. The second-order valence-electron chi connectivity index (χ2n) is 6.36. The van der Waals surface area contributed by atoms with E-state index in [-0.39, 0.29) is 24.2 Å². The molecular weight excluding hydrogens is 346 g/mol. The molecule has 1 aromatic heterocycles. The van der Waals surface area contributed by atoms with Crippen molar-refractivity contribution in [2.24, 2.45) is 5.92 Å². The van der Waals surface area contributed by atoms with Gasteiger partial charge in [0, 0.05) is 18.7 Å². The molecule has 2 amide bonds. The van der Waals surface area contributed by atoms with Crippen molar-refractivity contribution in [3.63, 3.8) is 0 Å². The number of rotatable bonds is 4. The van der Waals surface area contributed by atoms with Gasteiger partial charge >= 0.3 is 0 Å². The van der Waals surface area contributed by atoms with E-state index in [1.807, 2.05) is 48.5 Å². The molecule has 0 bridgehead atoms. The van der Waals surface area contributed by atoms with Crippen molar-refractivity contribution in [2.45, 2.75) is 19.8 Å². The summed E-state index contributed by atoms with van der Waals surface area (Å²) in [5.41, 5.74) is 2.90. The first-order valence-electron chi connectivity index (χ1n) is 8.70. The zero-order valence-corrected chi connectivity index (χ0v) is 15.3. The molecule has 0 aliphatic carbocycles. The summed E-state index contributed by atoms with van der Waals surface area (Å²) in [5, 5.41) is 3.46. The minimum atomic E-state index is -0.362. The molecule has 4 rings (SSSR count). The highest BCUT2D eigenvalue weighted by molar-refractivity contribution is 7.22. The number of thiazole rings is 1. The molecule has 132 valence electrons.